The lowest BCUT2D eigenvalue weighted by Crippen LogP contribution is -1.93. The molecule has 0 saturated heterocycles. The third kappa shape index (κ3) is 3.37. The first-order valence-electron chi connectivity index (χ1n) is 11.5. The summed E-state index contributed by atoms with van der Waals surface area (Å²) in [6.07, 6.45) is 1.84. The van der Waals surface area contributed by atoms with E-state index in [1.807, 2.05) is 18.3 Å². The summed E-state index contributed by atoms with van der Waals surface area (Å²) < 4.78 is 6.36. The average Bonchev–Trinajstić information content (AvgIpc) is 3.22. The number of para-hydroxylation sites is 1. The summed E-state index contributed by atoms with van der Waals surface area (Å²) in [6.45, 7) is 6.38. The Morgan fingerprint density at radius 2 is 1.44 bits per heavy atom. The molecule has 0 radical (unpaired) electrons. The third-order valence-corrected chi connectivity index (χ3v) is 6.45. The first-order valence-corrected chi connectivity index (χ1v) is 11.5. The molecule has 0 atom stereocenters. The number of benzene rings is 3. The van der Waals surface area contributed by atoms with Crippen molar-refractivity contribution in [3.8, 4) is 33.6 Å². The second-order valence-corrected chi connectivity index (χ2v) is 8.90. The van der Waals surface area contributed by atoms with Gasteiger partial charge in [0.15, 0.2) is 0 Å². The van der Waals surface area contributed by atoms with Crippen LogP contribution in [-0.2, 0) is 0 Å². The molecule has 3 heteroatoms. The minimum atomic E-state index is 0.651. The quantitative estimate of drug-likeness (QED) is 0.278. The molecule has 0 spiro atoms. The molecule has 0 aliphatic carbocycles. The van der Waals surface area contributed by atoms with Crippen molar-refractivity contribution in [2.24, 2.45) is 0 Å². The van der Waals surface area contributed by atoms with E-state index < -0.39 is 0 Å². The van der Waals surface area contributed by atoms with E-state index in [9.17, 15) is 0 Å². The van der Waals surface area contributed by atoms with Gasteiger partial charge in [-0.3, -0.25) is 4.98 Å². The Bertz CT molecular complexity index is 1660. The minimum Gasteiger partial charge on any atom is -0.437 e. The zero-order valence-corrected chi connectivity index (χ0v) is 19.5. The van der Waals surface area contributed by atoms with Gasteiger partial charge in [-0.2, -0.15) is 0 Å². The summed E-state index contributed by atoms with van der Waals surface area (Å²) in [5.41, 5.74) is 11.5. The summed E-state index contributed by atoms with van der Waals surface area (Å²) >= 11 is 0. The van der Waals surface area contributed by atoms with Gasteiger partial charge in [0.25, 0.3) is 0 Å². The predicted molar refractivity (Wildman–Crippen MR) is 140 cm³/mol. The van der Waals surface area contributed by atoms with Gasteiger partial charge in [0.05, 0.1) is 11.4 Å². The van der Waals surface area contributed by atoms with Gasteiger partial charge in [0.2, 0.25) is 5.71 Å². The maximum atomic E-state index is 6.36. The highest BCUT2D eigenvalue weighted by molar-refractivity contribution is 6.08. The molecule has 3 aromatic heterocycles. The Labute approximate surface area is 198 Å². The van der Waals surface area contributed by atoms with Crippen LogP contribution in [-0.4, -0.2) is 9.97 Å². The fourth-order valence-corrected chi connectivity index (χ4v) is 4.87. The standard InChI is InChI=1S/C31H24N2O/c1-19-14-15-32-28(16-19)26-11-7-10-24-25-12-13-27(33-31(25)34-30(24)26)29-20(2)17-23(18-21(29)3)22-8-5-4-6-9-22/h4-18H,1-3H3. The van der Waals surface area contributed by atoms with Gasteiger partial charge in [0.1, 0.15) is 5.58 Å². The van der Waals surface area contributed by atoms with Gasteiger partial charge in [-0.1, -0.05) is 54.6 Å². The van der Waals surface area contributed by atoms with Crippen LogP contribution in [0.1, 0.15) is 16.7 Å². The molecule has 6 rings (SSSR count). The van der Waals surface area contributed by atoms with Crippen LogP contribution in [0.4, 0.5) is 0 Å². The summed E-state index contributed by atoms with van der Waals surface area (Å²) in [7, 11) is 0. The minimum absolute atomic E-state index is 0.651. The van der Waals surface area contributed by atoms with Crippen molar-refractivity contribution in [2.45, 2.75) is 20.8 Å². The molecule has 0 saturated carbocycles. The predicted octanol–water partition coefficient (Wildman–Crippen LogP) is 8.30. The Morgan fingerprint density at radius 1 is 0.647 bits per heavy atom. The fraction of sp³-hybridized carbons (Fsp3) is 0.0968. The maximum Gasteiger partial charge on any atom is 0.227 e. The van der Waals surface area contributed by atoms with E-state index in [2.05, 4.69) is 98.6 Å². The lowest BCUT2D eigenvalue weighted by Gasteiger charge is -2.12. The lowest BCUT2D eigenvalue weighted by molar-refractivity contribution is 0.655. The second-order valence-electron chi connectivity index (χ2n) is 8.90. The molecule has 3 aromatic carbocycles. The molecule has 34 heavy (non-hydrogen) atoms. The highest BCUT2D eigenvalue weighted by Crippen LogP contribution is 2.37. The van der Waals surface area contributed by atoms with E-state index in [-0.39, 0.29) is 0 Å². The number of fused-ring (bicyclic) bond motifs is 3. The van der Waals surface area contributed by atoms with Crippen LogP contribution in [0.3, 0.4) is 0 Å². The lowest BCUT2D eigenvalue weighted by atomic mass is 9.93. The number of aryl methyl sites for hydroxylation is 3. The molecular formula is C31H24N2O. The number of aromatic nitrogens is 2. The smallest absolute Gasteiger partial charge is 0.227 e. The molecule has 0 amide bonds. The Morgan fingerprint density at radius 3 is 2.21 bits per heavy atom. The zero-order chi connectivity index (χ0) is 23.2. The number of nitrogens with zero attached hydrogens (tertiary/aromatic N) is 2. The van der Waals surface area contributed by atoms with Crippen molar-refractivity contribution in [3.63, 3.8) is 0 Å². The fourth-order valence-electron chi connectivity index (χ4n) is 4.87. The topological polar surface area (TPSA) is 38.9 Å². The third-order valence-electron chi connectivity index (χ3n) is 6.45. The molecule has 6 aromatic rings. The van der Waals surface area contributed by atoms with Crippen LogP contribution >= 0.6 is 0 Å². The van der Waals surface area contributed by atoms with Crippen LogP contribution in [0.15, 0.2) is 95.5 Å². The summed E-state index contributed by atoms with van der Waals surface area (Å²) in [6, 6.07) is 29.5. The van der Waals surface area contributed by atoms with Gasteiger partial charge < -0.3 is 4.42 Å². The van der Waals surface area contributed by atoms with Crippen molar-refractivity contribution in [3.05, 3.63) is 108 Å². The van der Waals surface area contributed by atoms with Crippen LogP contribution < -0.4 is 0 Å². The summed E-state index contributed by atoms with van der Waals surface area (Å²) in [5.74, 6) is 0. The number of pyridine rings is 2. The van der Waals surface area contributed by atoms with E-state index in [1.54, 1.807) is 0 Å². The Balaban J connectivity index is 1.50. The molecule has 164 valence electrons. The SMILES string of the molecule is Cc1ccnc(-c2cccc3c2oc2nc(-c4c(C)cc(-c5ccccc5)cc4C)ccc23)c1. The highest BCUT2D eigenvalue weighted by Gasteiger charge is 2.16. The first kappa shape index (κ1) is 20.4. The van der Waals surface area contributed by atoms with E-state index in [4.69, 9.17) is 9.40 Å². The molecule has 0 unspecified atom stereocenters. The number of hydrogen-bond donors (Lipinski definition) is 0. The van der Waals surface area contributed by atoms with E-state index in [0.717, 1.165) is 38.9 Å². The molecule has 3 heterocycles. The normalized spacial score (nSPS) is 11.4. The van der Waals surface area contributed by atoms with Crippen LogP contribution in [0.2, 0.25) is 0 Å². The van der Waals surface area contributed by atoms with Crippen LogP contribution in [0, 0.1) is 20.8 Å². The Hall–Kier alpha value is -4.24. The number of hydrogen-bond acceptors (Lipinski definition) is 3. The van der Waals surface area contributed by atoms with Crippen LogP contribution in [0.5, 0.6) is 0 Å². The Kier molecular flexibility index (Phi) is 4.77. The van der Waals surface area contributed by atoms with E-state index >= 15 is 0 Å². The van der Waals surface area contributed by atoms with Gasteiger partial charge in [-0.15, -0.1) is 0 Å². The molecule has 0 aliphatic rings. The highest BCUT2D eigenvalue weighted by atomic mass is 16.3. The van der Waals surface area contributed by atoms with Crippen molar-refractivity contribution >= 4 is 22.1 Å². The van der Waals surface area contributed by atoms with Crippen molar-refractivity contribution in [1.82, 2.24) is 9.97 Å². The van der Waals surface area contributed by atoms with Crippen molar-refractivity contribution < 1.29 is 4.42 Å². The summed E-state index contributed by atoms with van der Waals surface area (Å²) in [4.78, 5) is 9.54. The van der Waals surface area contributed by atoms with E-state index in [0.29, 0.717) is 5.71 Å². The molecular weight excluding hydrogens is 416 g/mol. The van der Waals surface area contributed by atoms with Gasteiger partial charge in [-0.25, -0.2) is 4.98 Å². The maximum absolute atomic E-state index is 6.36. The van der Waals surface area contributed by atoms with E-state index in [1.165, 1.54) is 27.8 Å². The first-order chi connectivity index (χ1) is 16.6. The number of furan rings is 1. The monoisotopic (exact) mass is 440 g/mol. The molecule has 3 nitrogen and oxygen atoms in total. The second kappa shape index (κ2) is 7.96. The molecule has 0 aliphatic heterocycles. The zero-order valence-electron chi connectivity index (χ0n) is 19.5. The summed E-state index contributed by atoms with van der Waals surface area (Å²) in [5, 5.41) is 2.08. The van der Waals surface area contributed by atoms with Gasteiger partial charge in [0, 0.05) is 28.1 Å². The molecule has 0 bridgehead atoms. The van der Waals surface area contributed by atoms with Gasteiger partial charge >= 0.3 is 0 Å². The number of rotatable bonds is 3. The van der Waals surface area contributed by atoms with Gasteiger partial charge in [-0.05, 0) is 78.9 Å². The molecule has 0 N–H and O–H groups in total. The average molecular weight is 441 g/mol. The van der Waals surface area contributed by atoms with Crippen molar-refractivity contribution in [1.29, 1.82) is 0 Å². The molecule has 0 fully saturated rings. The van der Waals surface area contributed by atoms with Crippen LogP contribution in [0.25, 0.3) is 55.7 Å². The largest absolute Gasteiger partial charge is 0.437 e. The van der Waals surface area contributed by atoms with Crippen molar-refractivity contribution in [2.75, 3.05) is 0 Å².